The molecule has 90 valence electrons. The van der Waals surface area contributed by atoms with Gasteiger partial charge in [0.05, 0.1) is 12.3 Å². The van der Waals surface area contributed by atoms with Crippen LogP contribution in [0.3, 0.4) is 0 Å². The normalized spacial score (nSPS) is 12.1. The van der Waals surface area contributed by atoms with Gasteiger partial charge in [0.25, 0.3) is 0 Å². The molecule has 1 N–H and O–H groups in total. The van der Waals surface area contributed by atoms with Crippen LogP contribution in [0.2, 0.25) is 0 Å². The third kappa shape index (κ3) is 3.79. The number of methoxy groups -OCH3 is 1. The molecule has 4 heteroatoms. The molecule has 0 aliphatic heterocycles. The highest BCUT2D eigenvalue weighted by Gasteiger charge is 2.05. The number of nitrogens with zero attached hydrogens (tertiary/aromatic N) is 1. The van der Waals surface area contributed by atoms with Crippen LogP contribution in [0.15, 0.2) is 10.1 Å². The van der Waals surface area contributed by atoms with E-state index in [-0.39, 0.29) is 0 Å². The van der Waals surface area contributed by atoms with E-state index in [2.05, 4.69) is 23.5 Å². The zero-order valence-corrected chi connectivity index (χ0v) is 10.5. The fraction of sp³-hybridized carbons (Fsp3) is 0.583. The van der Waals surface area contributed by atoms with Crippen molar-refractivity contribution in [3.63, 3.8) is 0 Å². The maximum atomic E-state index is 5.10. The Morgan fingerprint density at radius 3 is 2.81 bits per heavy atom. The Morgan fingerprint density at radius 2 is 2.25 bits per heavy atom. The molecule has 0 spiro atoms. The molecule has 0 unspecified atom stereocenters. The number of aryl methyl sites for hydroxylation is 2. The summed E-state index contributed by atoms with van der Waals surface area (Å²) in [6.45, 7) is 8.42. The predicted octanol–water partition coefficient (Wildman–Crippen LogP) is 1.93. The fourth-order valence-corrected chi connectivity index (χ4v) is 1.45. The van der Waals surface area contributed by atoms with Crippen molar-refractivity contribution in [1.82, 2.24) is 10.5 Å². The SMILES string of the molecule is COCCNCC(C)=Cc1c(C)noc1C. The smallest absolute Gasteiger partial charge is 0.141 e. The summed E-state index contributed by atoms with van der Waals surface area (Å²) in [6, 6.07) is 0. The Balaban J connectivity index is 2.50. The first-order valence-corrected chi connectivity index (χ1v) is 5.45. The molecule has 1 heterocycles. The monoisotopic (exact) mass is 224 g/mol. The van der Waals surface area contributed by atoms with Crippen molar-refractivity contribution in [2.24, 2.45) is 0 Å². The minimum absolute atomic E-state index is 0.735. The van der Waals surface area contributed by atoms with Crippen LogP contribution in [0.25, 0.3) is 6.08 Å². The molecule has 0 bridgehead atoms. The molecule has 0 amide bonds. The van der Waals surface area contributed by atoms with Crippen LogP contribution in [0.1, 0.15) is 23.9 Å². The molecule has 0 radical (unpaired) electrons. The highest BCUT2D eigenvalue weighted by molar-refractivity contribution is 5.56. The van der Waals surface area contributed by atoms with Crippen LogP contribution >= 0.6 is 0 Å². The molecule has 0 aliphatic carbocycles. The molecule has 0 atom stereocenters. The number of aromatic nitrogens is 1. The molecule has 4 nitrogen and oxygen atoms in total. The molecule has 0 fully saturated rings. The quantitative estimate of drug-likeness (QED) is 0.750. The van der Waals surface area contributed by atoms with Crippen molar-refractivity contribution in [1.29, 1.82) is 0 Å². The van der Waals surface area contributed by atoms with E-state index in [9.17, 15) is 0 Å². The second-order valence-electron chi connectivity index (χ2n) is 3.90. The van der Waals surface area contributed by atoms with Crippen molar-refractivity contribution < 1.29 is 9.26 Å². The lowest BCUT2D eigenvalue weighted by molar-refractivity contribution is 0.200. The molecule has 1 aromatic rings. The van der Waals surface area contributed by atoms with Crippen LogP contribution in [0, 0.1) is 13.8 Å². The summed E-state index contributed by atoms with van der Waals surface area (Å²) in [7, 11) is 1.70. The van der Waals surface area contributed by atoms with Gasteiger partial charge in [-0.05, 0) is 26.8 Å². The highest BCUT2D eigenvalue weighted by Crippen LogP contribution is 2.15. The largest absolute Gasteiger partial charge is 0.383 e. The zero-order valence-electron chi connectivity index (χ0n) is 10.5. The first-order valence-electron chi connectivity index (χ1n) is 5.45. The molecule has 0 aromatic carbocycles. The molecule has 0 saturated heterocycles. The average Bonchev–Trinajstić information content (AvgIpc) is 2.56. The van der Waals surface area contributed by atoms with E-state index in [4.69, 9.17) is 9.26 Å². The first-order chi connectivity index (χ1) is 7.65. The van der Waals surface area contributed by atoms with E-state index in [0.717, 1.165) is 36.7 Å². The fourth-order valence-electron chi connectivity index (χ4n) is 1.45. The van der Waals surface area contributed by atoms with Gasteiger partial charge in [-0.25, -0.2) is 0 Å². The van der Waals surface area contributed by atoms with E-state index in [1.54, 1.807) is 7.11 Å². The zero-order chi connectivity index (χ0) is 12.0. The number of rotatable bonds is 6. The first kappa shape index (κ1) is 12.9. The lowest BCUT2D eigenvalue weighted by atomic mass is 10.1. The van der Waals surface area contributed by atoms with E-state index < -0.39 is 0 Å². The van der Waals surface area contributed by atoms with Crippen molar-refractivity contribution in [2.45, 2.75) is 20.8 Å². The second-order valence-corrected chi connectivity index (χ2v) is 3.90. The molecular weight excluding hydrogens is 204 g/mol. The number of hydrogen-bond acceptors (Lipinski definition) is 4. The Kier molecular flexibility index (Phi) is 5.22. The Hall–Kier alpha value is -1.13. The van der Waals surface area contributed by atoms with Gasteiger partial charge in [0.15, 0.2) is 0 Å². The number of ether oxygens (including phenoxy) is 1. The molecule has 1 aromatic heterocycles. The Labute approximate surface area is 96.7 Å². The molecule has 1 rings (SSSR count). The van der Waals surface area contributed by atoms with Gasteiger partial charge < -0.3 is 14.6 Å². The van der Waals surface area contributed by atoms with Gasteiger partial charge in [-0.2, -0.15) is 0 Å². The van der Waals surface area contributed by atoms with E-state index >= 15 is 0 Å². The summed E-state index contributed by atoms with van der Waals surface area (Å²) in [5.41, 5.74) is 3.28. The van der Waals surface area contributed by atoms with Gasteiger partial charge in [0.2, 0.25) is 0 Å². The molecular formula is C12H20N2O2. The van der Waals surface area contributed by atoms with Crippen LogP contribution in [0.4, 0.5) is 0 Å². The molecule has 0 saturated carbocycles. The van der Waals surface area contributed by atoms with Crippen LogP contribution in [0.5, 0.6) is 0 Å². The molecule has 16 heavy (non-hydrogen) atoms. The standard InChI is InChI=1S/C12H20N2O2/c1-9(8-13-5-6-15-4)7-12-10(2)14-16-11(12)3/h7,13H,5-6,8H2,1-4H3. The van der Waals surface area contributed by atoms with Crippen molar-refractivity contribution in [3.05, 3.63) is 22.6 Å². The minimum Gasteiger partial charge on any atom is -0.383 e. The van der Waals surface area contributed by atoms with Crippen LogP contribution < -0.4 is 5.32 Å². The minimum atomic E-state index is 0.735. The van der Waals surface area contributed by atoms with Gasteiger partial charge in [-0.3, -0.25) is 0 Å². The average molecular weight is 224 g/mol. The summed E-state index contributed by atoms with van der Waals surface area (Å²) in [5, 5.41) is 7.21. The van der Waals surface area contributed by atoms with Crippen molar-refractivity contribution in [2.75, 3.05) is 26.8 Å². The van der Waals surface area contributed by atoms with Gasteiger partial charge in [0.1, 0.15) is 5.76 Å². The summed E-state index contributed by atoms with van der Waals surface area (Å²) in [4.78, 5) is 0. The molecule has 0 aliphatic rings. The highest BCUT2D eigenvalue weighted by atomic mass is 16.5. The summed E-state index contributed by atoms with van der Waals surface area (Å²) in [5.74, 6) is 0.869. The summed E-state index contributed by atoms with van der Waals surface area (Å²) in [6.07, 6.45) is 2.11. The van der Waals surface area contributed by atoms with Crippen molar-refractivity contribution >= 4 is 6.08 Å². The Bertz CT molecular complexity index is 336. The maximum Gasteiger partial charge on any atom is 0.141 e. The third-order valence-electron chi connectivity index (χ3n) is 2.37. The van der Waals surface area contributed by atoms with Gasteiger partial charge in [0, 0.05) is 25.8 Å². The number of hydrogen-bond donors (Lipinski definition) is 1. The number of nitrogens with one attached hydrogen (secondary N) is 1. The van der Waals surface area contributed by atoms with Gasteiger partial charge in [-0.15, -0.1) is 0 Å². The predicted molar refractivity (Wildman–Crippen MR) is 64.4 cm³/mol. The lowest BCUT2D eigenvalue weighted by Crippen LogP contribution is -2.20. The second kappa shape index (κ2) is 6.45. The Morgan fingerprint density at radius 1 is 1.50 bits per heavy atom. The summed E-state index contributed by atoms with van der Waals surface area (Å²) < 4.78 is 10.1. The van der Waals surface area contributed by atoms with E-state index in [1.807, 2.05) is 13.8 Å². The third-order valence-corrected chi connectivity index (χ3v) is 2.37. The van der Waals surface area contributed by atoms with E-state index in [1.165, 1.54) is 5.57 Å². The van der Waals surface area contributed by atoms with Gasteiger partial charge >= 0.3 is 0 Å². The summed E-state index contributed by atoms with van der Waals surface area (Å²) >= 11 is 0. The van der Waals surface area contributed by atoms with E-state index in [0.29, 0.717) is 0 Å². The maximum absolute atomic E-state index is 5.10. The topological polar surface area (TPSA) is 47.3 Å². The van der Waals surface area contributed by atoms with Crippen LogP contribution in [-0.2, 0) is 4.74 Å². The lowest BCUT2D eigenvalue weighted by Gasteiger charge is -2.04. The van der Waals surface area contributed by atoms with Crippen molar-refractivity contribution in [3.8, 4) is 0 Å². The van der Waals surface area contributed by atoms with Crippen LogP contribution in [-0.4, -0.2) is 32.0 Å². The van der Waals surface area contributed by atoms with Gasteiger partial charge in [-0.1, -0.05) is 10.7 Å².